The van der Waals surface area contributed by atoms with E-state index in [1.54, 1.807) is 19.2 Å². The number of carbonyl (C=O) groups is 1. The van der Waals surface area contributed by atoms with Gasteiger partial charge in [0.05, 0.1) is 4.90 Å². The van der Waals surface area contributed by atoms with E-state index in [0.29, 0.717) is 12.2 Å². The van der Waals surface area contributed by atoms with E-state index in [1.165, 1.54) is 31.1 Å². The third kappa shape index (κ3) is 5.04. The Morgan fingerprint density at radius 3 is 2.32 bits per heavy atom. The maximum atomic E-state index is 12.3. The number of halogens is 1. The molecule has 0 aliphatic heterocycles. The molecule has 134 valence electrons. The van der Waals surface area contributed by atoms with Crippen molar-refractivity contribution in [3.8, 4) is 0 Å². The molecule has 2 amide bonds. The van der Waals surface area contributed by atoms with Gasteiger partial charge in [0.25, 0.3) is 0 Å². The minimum atomic E-state index is -3.54. The Balaban J connectivity index is 2.08. The molecule has 0 saturated heterocycles. The lowest BCUT2D eigenvalue weighted by atomic mass is 10.2. The van der Waals surface area contributed by atoms with E-state index in [9.17, 15) is 13.2 Å². The van der Waals surface area contributed by atoms with Gasteiger partial charge in [-0.15, -0.1) is 0 Å². The molecule has 0 unspecified atom stereocenters. The molecule has 0 spiro atoms. The second-order valence-corrected chi connectivity index (χ2v) is 8.80. The molecule has 0 radical (unpaired) electrons. The van der Waals surface area contributed by atoms with Gasteiger partial charge in [0, 0.05) is 37.8 Å². The van der Waals surface area contributed by atoms with Gasteiger partial charge in [-0.1, -0.05) is 34.1 Å². The van der Waals surface area contributed by atoms with Gasteiger partial charge in [0.2, 0.25) is 10.0 Å². The first-order valence-corrected chi connectivity index (χ1v) is 9.72. The average Bonchev–Trinajstić information content (AvgIpc) is 2.57. The molecule has 0 atom stereocenters. The van der Waals surface area contributed by atoms with Gasteiger partial charge in [0.15, 0.2) is 0 Å². The first-order chi connectivity index (χ1) is 11.7. The third-order valence-electron chi connectivity index (χ3n) is 3.54. The van der Waals surface area contributed by atoms with Crippen LogP contribution in [-0.2, 0) is 16.6 Å². The fourth-order valence-corrected chi connectivity index (χ4v) is 3.31. The summed E-state index contributed by atoms with van der Waals surface area (Å²) in [4.78, 5) is 14.0. The standard InChI is InChI=1S/C17H20BrN3O3S/c1-20(2)25(23,24)16-6-4-5-15(11-16)19-17(22)21(3)12-13-7-9-14(18)10-8-13/h4-11H,12H2,1-3H3,(H,19,22). The number of nitrogens with one attached hydrogen (secondary N) is 1. The summed E-state index contributed by atoms with van der Waals surface area (Å²) < 4.78 is 26.4. The molecule has 8 heteroatoms. The fraction of sp³-hybridized carbons (Fsp3) is 0.235. The monoisotopic (exact) mass is 425 g/mol. The van der Waals surface area contributed by atoms with E-state index < -0.39 is 10.0 Å². The predicted molar refractivity (Wildman–Crippen MR) is 102 cm³/mol. The Bertz CT molecular complexity index is 852. The molecular weight excluding hydrogens is 406 g/mol. The quantitative estimate of drug-likeness (QED) is 0.797. The summed E-state index contributed by atoms with van der Waals surface area (Å²) in [6, 6.07) is 13.6. The molecule has 25 heavy (non-hydrogen) atoms. The van der Waals surface area contributed by atoms with E-state index in [1.807, 2.05) is 24.3 Å². The van der Waals surface area contributed by atoms with Crippen molar-refractivity contribution in [3.63, 3.8) is 0 Å². The third-order valence-corrected chi connectivity index (χ3v) is 5.88. The first-order valence-electron chi connectivity index (χ1n) is 7.49. The van der Waals surface area contributed by atoms with Gasteiger partial charge in [-0.25, -0.2) is 17.5 Å². The van der Waals surface area contributed by atoms with Crippen LogP contribution in [0.25, 0.3) is 0 Å². The Labute approximate surface area is 156 Å². The Kier molecular flexibility index (Phi) is 6.21. The van der Waals surface area contributed by atoms with Crippen molar-refractivity contribution in [2.24, 2.45) is 0 Å². The zero-order chi connectivity index (χ0) is 18.6. The highest BCUT2D eigenvalue weighted by Crippen LogP contribution is 2.18. The number of hydrogen-bond acceptors (Lipinski definition) is 3. The molecule has 0 aromatic heterocycles. The van der Waals surface area contributed by atoms with Crippen LogP contribution in [0, 0.1) is 0 Å². The zero-order valence-corrected chi connectivity index (χ0v) is 16.6. The van der Waals surface area contributed by atoms with Crippen LogP contribution in [-0.4, -0.2) is 44.8 Å². The van der Waals surface area contributed by atoms with Gasteiger partial charge in [-0.3, -0.25) is 0 Å². The van der Waals surface area contributed by atoms with Gasteiger partial charge in [-0.2, -0.15) is 0 Å². The average molecular weight is 426 g/mol. The second-order valence-electron chi connectivity index (χ2n) is 5.73. The molecule has 2 rings (SSSR count). The molecule has 0 aliphatic rings. The first kappa shape index (κ1) is 19.4. The van der Waals surface area contributed by atoms with Crippen LogP contribution in [0.15, 0.2) is 57.9 Å². The number of carbonyl (C=O) groups excluding carboxylic acids is 1. The molecule has 0 bridgehead atoms. The van der Waals surface area contributed by atoms with Crippen LogP contribution < -0.4 is 5.32 Å². The summed E-state index contributed by atoms with van der Waals surface area (Å²) in [5.74, 6) is 0. The second kappa shape index (κ2) is 7.99. The number of hydrogen-bond donors (Lipinski definition) is 1. The number of amides is 2. The van der Waals surface area contributed by atoms with Crippen LogP contribution in [0.4, 0.5) is 10.5 Å². The maximum Gasteiger partial charge on any atom is 0.321 e. The van der Waals surface area contributed by atoms with E-state index in [2.05, 4.69) is 21.2 Å². The molecule has 0 saturated carbocycles. The Morgan fingerprint density at radius 2 is 1.72 bits per heavy atom. The van der Waals surface area contributed by atoms with Crippen molar-refractivity contribution in [2.75, 3.05) is 26.5 Å². The maximum absolute atomic E-state index is 12.3. The van der Waals surface area contributed by atoms with E-state index in [-0.39, 0.29) is 10.9 Å². The van der Waals surface area contributed by atoms with Gasteiger partial charge in [0.1, 0.15) is 0 Å². The van der Waals surface area contributed by atoms with Crippen molar-refractivity contribution < 1.29 is 13.2 Å². The lowest BCUT2D eigenvalue weighted by molar-refractivity contribution is 0.220. The van der Waals surface area contributed by atoms with E-state index >= 15 is 0 Å². The predicted octanol–water partition coefficient (Wildman–Crippen LogP) is 3.36. The Hall–Kier alpha value is -1.90. The summed E-state index contributed by atoms with van der Waals surface area (Å²) in [5.41, 5.74) is 1.42. The van der Waals surface area contributed by atoms with Crippen molar-refractivity contribution in [3.05, 3.63) is 58.6 Å². The lowest BCUT2D eigenvalue weighted by Crippen LogP contribution is -2.31. The molecule has 1 N–H and O–H groups in total. The molecular formula is C17H20BrN3O3S. The lowest BCUT2D eigenvalue weighted by Gasteiger charge is -2.19. The number of benzene rings is 2. The summed E-state index contributed by atoms with van der Waals surface area (Å²) in [7, 11) is 1.06. The molecule has 6 nitrogen and oxygen atoms in total. The van der Waals surface area contributed by atoms with Gasteiger partial charge >= 0.3 is 6.03 Å². The summed E-state index contributed by atoms with van der Waals surface area (Å²) in [6.45, 7) is 0.439. The normalized spacial score (nSPS) is 11.4. The number of rotatable bonds is 5. The van der Waals surface area contributed by atoms with Crippen molar-refractivity contribution in [1.82, 2.24) is 9.21 Å². The molecule has 2 aromatic rings. The highest BCUT2D eigenvalue weighted by atomic mass is 79.9. The van der Waals surface area contributed by atoms with E-state index in [4.69, 9.17) is 0 Å². The van der Waals surface area contributed by atoms with Crippen LogP contribution in [0.3, 0.4) is 0 Å². The number of nitrogens with zero attached hydrogens (tertiary/aromatic N) is 2. The highest BCUT2D eigenvalue weighted by molar-refractivity contribution is 9.10. The minimum Gasteiger partial charge on any atom is -0.323 e. The topological polar surface area (TPSA) is 69.7 Å². The van der Waals surface area contributed by atoms with Gasteiger partial charge in [-0.05, 0) is 35.9 Å². The van der Waals surface area contributed by atoms with E-state index in [0.717, 1.165) is 14.3 Å². The molecule has 0 heterocycles. The minimum absolute atomic E-state index is 0.130. The van der Waals surface area contributed by atoms with Crippen LogP contribution in [0.5, 0.6) is 0 Å². The smallest absolute Gasteiger partial charge is 0.321 e. The van der Waals surface area contributed by atoms with Crippen molar-refractivity contribution >= 4 is 37.7 Å². The fourth-order valence-electron chi connectivity index (χ4n) is 2.10. The number of anilines is 1. The Morgan fingerprint density at radius 1 is 1.08 bits per heavy atom. The van der Waals surface area contributed by atoms with Crippen LogP contribution >= 0.6 is 15.9 Å². The molecule has 0 fully saturated rings. The van der Waals surface area contributed by atoms with Crippen molar-refractivity contribution in [1.29, 1.82) is 0 Å². The number of urea groups is 1. The van der Waals surface area contributed by atoms with Gasteiger partial charge < -0.3 is 10.2 Å². The molecule has 0 aliphatic carbocycles. The summed E-state index contributed by atoms with van der Waals surface area (Å²) in [6.07, 6.45) is 0. The summed E-state index contributed by atoms with van der Waals surface area (Å²) >= 11 is 3.37. The number of sulfonamides is 1. The summed E-state index contributed by atoms with van der Waals surface area (Å²) in [5, 5.41) is 2.72. The molecule has 2 aromatic carbocycles. The van der Waals surface area contributed by atoms with Crippen LogP contribution in [0.2, 0.25) is 0 Å². The van der Waals surface area contributed by atoms with Crippen molar-refractivity contribution in [2.45, 2.75) is 11.4 Å². The SMILES string of the molecule is CN(Cc1ccc(Br)cc1)C(=O)Nc1cccc(S(=O)(=O)N(C)C)c1. The zero-order valence-electron chi connectivity index (χ0n) is 14.2. The highest BCUT2D eigenvalue weighted by Gasteiger charge is 2.18. The largest absolute Gasteiger partial charge is 0.323 e. The van der Waals surface area contributed by atoms with Crippen LogP contribution in [0.1, 0.15) is 5.56 Å².